The molecule has 0 aliphatic carbocycles. The van der Waals surface area contributed by atoms with Gasteiger partial charge < -0.3 is 0 Å². The minimum absolute atomic E-state index is 0.443. The summed E-state index contributed by atoms with van der Waals surface area (Å²) in [5.41, 5.74) is 2.94. The first kappa shape index (κ1) is 17.0. The van der Waals surface area contributed by atoms with Crippen molar-refractivity contribution in [3.05, 3.63) is 15.9 Å². The normalized spacial score (nSPS) is 21.5. The van der Waals surface area contributed by atoms with Gasteiger partial charge in [0, 0.05) is 13.6 Å². The van der Waals surface area contributed by atoms with Gasteiger partial charge in [0.25, 0.3) is 0 Å². The molecule has 1 aliphatic heterocycles. The van der Waals surface area contributed by atoms with Gasteiger partial charge in [-0.25, -0.2) is 0 Å². The smallest absolute Gasteiger partial charge is 0.0767 e. The molecule has 1 aliphatic rings. The number of hydrogen-bond acceptors (Lipinski definition) is 2. The SMILES string of the molecule is CCc1nn(C)c(CN2CCCC(C(C)(C)C)CC2)c1Br. The van der Waals surface area contributed by atoms with E-state index >= 15 is 0 Å². The summed E-state index contributed by atoms with van der Waals surface area (Å²) in [4.78, 5) is 2.60. The second kappa shape index (κ2) is 6.82. The Bertz CT molecular complexity index is 473. The van der Waals surface area contributed by atoms with Crippen LogP contribution in [0.3, 0.4) is 0 Å². The van der Waals surface area contributed by atoms with Gasteiger partial charge in [-0.2, -0.15) is 5.10 Å². The monoisotopic (exact) mass is 355 g/mol. The van der Waals surface area contributed by atoms with Crippen LogP contribution >= 0.6 is 15.9 Å². The van der Waals surface area contributed by atoms with Crippen molar-refractivity contribution in [2.75, 3.05) is 13.1 Å². The third-order valence-electron chi connectivity index (χ3n) is 4.92. The molecule has 1 aromatic rings. The highest BCUT2D eigenvalue weighted by Gasteiger charge is 2.27. The van der Waals surface area contributed by atoms with Gasteiger partial charge in [0.1, 0.15) is 0 Å². The number of likely N-dealkylation sites (tertiary alicyclic amines) is 1. The summed E-state index contributed by atoms with van der Waals surface area (Å²) in [6, 6.07) is 0. The highest BCUT2D eigenvalue weighted by molar-refractivity contribution is 9.10. The van der Waals surface area contributed by atoms with E-state index in [2.05, 4.69) is 65.4 Å². The Kier molecular flexibility index (Phi) is 5.53. The number of aryl methyl sites for hydroxylation is 2. The predicted octanol–water partition coefficient (Wildman–Crippen LogP) is 4.39. The minimum atomic E-state index is 0.443. The maximum Gasteiger partial charge on any atom is 0.0767 e. The Balaban J connectivity index is 2.03. The second-order valence-electron chi connectivity index (χ2n) is 7.45. The molecule has 1 fully saturated rings. The maximum atomic E-state index is 4.61. The minimum Gasteiger partial charge on any atom is -0.297 e. The Hall–Kier alpha value is -0.350. The summed E-state index contributed by atoms with van der Waals surface area (Å²) in [5, 5.41) is 4.61. The Morgan fingerprint density at radius 2 is 1.95 bits per heavy atom. The summed E-state index contributed by atoms with van der Waals surface area (Å²) in [5.74, 6) is 0.851. The lowest BCUT2D eigenvalue weighted by molar-refractivity contribution is 0.205. The molecule has 1 saturated heterocycles. The van der Waals surface area contributed by atoms with E-state index in [1.54, 1.807) is 0 Å². The van der Waals surface area contributed by atoms with E-state index in [1.165, 1.54) is 48.2 Å². The van der Waals surface area contributed by atoms with E-state index in [0.717, 1.165) is 18.9 Å². The molecule has 0 amide bonds. The molecule has 21 heavy (non-hydrogen) atoms. The average molecular weight is 356 g/mol. The zero-order chi connectivity index (χ0) is 15.6. The first-order valence-corrected chi connectivity index (χ1v) is 9.04. The summed E-state index contributed by atoms with van der Waals surface area (Å²) < 4.78 is 3.26. The average Bonchev–Trinajstić information content (AvgIpc) is 2.60. The van der Waals surface area contributed by atoms with Gasteiger partial charge in [-0.3, -0.25) is 9.58 Å². The predicted molar refractivity (Wildman–Crippen MR) is 92.4 cm³/mol. The van der Waals surface area contributed by atoms with Crippen LogP contribution in [0.1, 0.15) is 58.3 Å². The molecular formula is C17H30BrN3. The summed E-state index contributed by atoms with van der Waals surface area (Å²) in [6.45, 7) is 12.8. The number of aromatic nitrogens is 2. The van der Waals surface area contributed by atoms with E-state index in [-0.39, 0.29) is 0 Å². The molecule has 2 heterocycles. The molecule has 3 nitrogen and oxygen atoms in total. The van der Waals surface area contributed by atoms with Crippen LogP contribution in [0, 0.1) is 11.3 Å². The number of hydrogen-bond donors (Lipinski definition) is 0. The van der Waals surface area contributed by atoms with Gasteiger partial charge in [0.2, 0.25) is 0 Å². The first-order chi connectivity index (χ1) is 9.82. The zero-order valence-corrected chi connectivity index (χ0v) is 15.8. The van der Waals surface area contributed by atoms with Crippen LogP contribution in [-0.2, 0) is 20.0 Å². The van der Waals surface area contributed by atoms with Gasteiger partial charge in [-0.05, 0) is 66.0 Å². The Morgan fingerprint density at radius 1 is 1.24 bits per heavy atom. The molecule has 1 atom stereocenters. The van der Waals surface area contributed by atoms with Gasteiger partial charge in [-0.15, -0.1) is 0 Å². The number of nitrogens with zero attached hydrogens (tertiary/aromatic N) is 3. The lowest BCUT2D eigenvalue weighted by Crippen LogP contribution is -2.27. The van der Waals surface area contributed by atoms with Crippen molar-refractivity contribution < 1.29 is 0 Å². The molecular weight excluding hydrogens is 326 g/mol. The molecule has 0 saturated carbocycles. The van der Waals surface area contributed by atoms with Crippen LogP contribution in [-0.4, -0.2) is 27.8 Å². The maximum absolute atomic E-state index is 4.61. The molecule has 0 N–H and O–H groups in total. The van der Waals surface area contributed by atoms with Crippen molar-refractivity contribution in [1.82, 2.24) is 14.7 Å². The highest BCUT2D eigenvalue weighted by Crippen LogP contribution is 2.34. The topological polar surface area (TPSA) is 21.1 Å². The summed E-state index contributed by atoms with van der Waals surface area (Å²) in [7, 11) is 2.06. The number of halogens is 1. The lowest BCUT2D eigenvalue weighted by Gasteiger charge is -2.29. The lowest BCUT2D eigenvalue weighted by atomic mass is 9.77. The van der Waals surface area contributed by atoms with Crippen LogP contribution in [0.4, 0.5) is 0 Å². The molecule has 0 bridgehead atoms. The molecule has 120 valence electrons. The van der Waals surface area contributed by atoms with Crippen molar-refractivity contribution in [1.29, 1.82) is 0 Å². The van der Waals surface area contributed by atoms with E-state index in [9.17, 15) is 0 Å². The summed E-state index contributed by atoms with van der Waals surface area (Å²) >= 11 is 3.74. The van der Waals surface area contributed by atoms with Crippen LogP contribution in [0.2, 0.25) is 0 Å². The van der Waals surface area contributed by atoms with Crippen molar-refractivity contribution in [2.45, 2.75) is 59.9 Å². The van der Waals surface area contributed by atoms with Crippen molar-refractivity contribution >= 4 is 15.9 Å². The fourth-order valence-electron chi connectivity index (χ4n) is 3.38. The Morgan fingerprint density at radius 3 is 2.52 bits per heavy atom. The van der Waals surface area contributed by atoms with Crippen LogP contribution in [0.25, 0.3) is 0 Å². The first-order valence-electron chi connectivity index (χ1n) is 8.25. The van der Waals surface area contributed by atoms with Gasteiger partial charge in [0.15, 0.2) is 0 Å². The Labute approximate surface area is 138 Å². The molecule has 0 radical (unpaired) electrons. The highest BCUT2D eigenvalue weighted by atomic mass is 79.9. The number of rotatable bonds is 3. The molecule has 0 spiro atoms. The quantitative estimate of drug-likeness (QED) is 0.801. The largest absolute Gasteiger partial charge is 0.297 e. The molecule has 2 rings (SSSR count). The molecule has 1 aromatic heterocycles. The van der Waals surface area contributed by atoms with Crippen molar-refractivity contribution in [3.63, 3.8) is 0 Å². The fourth-order valence-corrected chi connectivity index (χ4v) is 4.13. The van der Waals surface area contributed by atoms with Gasteiger partial charge >= 0.3 is 0 Å². The third kappa shape index (κ3) is 4.10. The van der Waals surface area contributed by atoms with E-state index in [0.29, 0.717) is 5.41 Å². The molecule has 0 aromatic carbocycles. The standard InChI is InChI=1S/C17H30BrN3/c1-6-14-16(18)15(20(5)19-14)12-21-10-7-8-13(9-11-21)17(2,3)4/h13H,6-12H2,1-5H3. The molecule has 4 heteroatoms. The van der Waals surface area contributed by atoms with Gasteiger partial charge in [-0.1, -0.05) is 27.7 Å². The fraction of sp³-hybridized carbons (Fsp3) is 0.824. The van der Waals surface area contributed by atoms with Gasteiger partial charge in [0.05, 0.1) is 15.9 Å². The van der Waals surface area contributed by atoms with E-state index in [1.807, 2.05) is 0 Å². The third-order valence-corrected chi connectivity index (χ3v) is 5.84. The van der Waals surface area contributed by atoms with Crippen LogP contribution in [0.15, 0.2) is 4.47 Å². The van der Waals surface area contributed by atoms with E-state index in [4.69, 9.17) is 0 Å². The van der Waals surface area contributed by atoms with Crippen LogP contribution in [0.5, 0.6) is 0 Å². The van der Waals surface area contributed by atoms with Crippen molar-refractivity contribution in [3.8, 4) is 0 Å². The van der Waals surface area contributed by atoms with Crippen molar-refractivity contribution in [2.24, 2.45) is 18.4 Å². The second-order valence-corrected chi connectivity index (χ2v) is 8.25. The summed E-state index contributed by atoms with van der Waals surface area (Å²) in [6.07, 6.45) is 4.99. The van der Waals surface area contributed by atoms with Crippen LogP contribution < -0.4 is 0 Å². The molecule has 1 unspecified atom stereocenters. The zero-order valence-electron chi connectivity index (χ0n) is 14.2. The van der Waals surface area contributed by atoms with E-state index < -0.39 is 0 Å².